The number of rotatable bonds is 7. The van der Waals surface area contributed by atoms with Gasteiger partial charge in [0.15, 0.2) is 11.5 Å². The zero-order chi connectivity index (χ0) is 31.1. The van der Waals surface area contributed by atoms with Gasteiger partial charge in [0.1, 0.15) is 17.5 Å². The maximum Gasteiger partial charge on any atom is 0.410 e. The molecule has 0 saturated carbocycles. The summed E-state index contributed by atoms with van der Waals surface area (Å²) in [6.07, 6.45) is -0.239. The fourth-order valence-corrected chi connectivity index (χ4v) is 4.79. The molecule has 228 valence electrons. The van der Waals surface area contributed by atoms with E-state index < -0.39 is 35.7 Å². The summed E-state index contributed by atoms with van der Waals surface area (Å²) in [6, 6.07) is 17.7. The molecule has 2 atom stereocenters. The minimum atomic E-state index is -0.702. The molecule has 1 aliphatic rings. The number of likely N-dealkylation sites (tertiary alicyclic amines) is 1. The molecule has 1 aliphatic heterocycles. The van der Waals surface area contributed by atoms with E-state index in [2.05, 4.69) is 5.32 Å². The molecule has 10 heteroatoms. The summed E-state index contributed by atoms with van der Waals surface area (Å²) in [7, 11) is 3.14. The molecule has 0 unspecified atom stereocenters. The van der Waals surface area contributed by atoms with Gasteiger partial charge in [0.05, 0.1) is 25.8 Å². The van der Waals surface area contributed by atoms with Crippen LogP contribution < -0.4 is 14.8 Å². The van der Waals surface area contributed by atoms with Gasteiger partial charge in [0.25, 0.3) is 5.91 Å². The molecule has 43 heavy (non-hydrogen) atoms. The molecular formula is C33H38N2O8. The third-order valence-electron chi connectivity index (χ3n) is 6.98. The molecule has 2 N–H and O–H groups in total. The SMILES string of the molecule is COc1ccc(-c2ccc(C(=O)O[C@@H]3CCCN(C(=O)OC(C)(C)C)C[C@H]3NC(=O)c3ccc(O)cc3)cc2)cc1OC. The maximum atomic E-state index is 13.3. The van der Waals surface area contributed by atoms with Gasteiger partial charge in [-0.25, -0.2) is 9.59 Å². The van der Waals surface area contributed by atoms with Crippen LogP contribution in [-0.2, 0) is 9.47 Å². The van der Waals surface area contributed by atoms with Gasteiger partial charge >= 0.3 is 12.1 Å². The van der Waals surface area contributed by atoms with E-state index in [0.29, 0.717) is 42.0 Å². The highest BCUT2D eigenvalue weighted by atomic mass is 16.6. The lowest BCUT2D eigenvalue weighted by molar-refractivity contribution is 0.0127. The molecule has 3 aromatic rings. The standard InChI is InChI=1S/C33H38N2O8/c1-33(2,3)43-32(39)35-18-6-7-27(26(20-35)34-30(37)22-12-15-25(36)16-13-22)42-31(38)23-10-8-21(9-11-23)24-14-17-28(40-4)29(19-24)41-5/h8-17,19,26-27,36H,6-7,18,20H2,1-5H3,(H,34,37)/t26-,27-/m1/s1. The summed E-state index contributed by atoms with van der Waals surface area (Å²) in [5.41, 5.74) is 1.74. The summed E-state index contributed by atoms with van der Waals surface area (Å²) < 4.78 is 22.2. The third-order valence-corrected chi connectivity index (χ3v) is 6.98. The van der Waals surface area contributed by atoms with Gasteiger partial charge < -0.3 is 34.3 Å². The second-order valence-electron chi connectivity index (χ2n) is 11.3. The zero-order valence-electron chi connectivity index (χ0n) is 25.1. The quantitative estimate of drug-likeness (QED) is 0.349. The Bertz CT molecular complexity index is 1430. The first-order valence-electron chi connectivity index (χ1n) is 14.1. The number of phenolic OH excluding ortho intramolecular Hbond substituents is 1. The van der Waals surface area contributed by atoms with Crippen molar-refractivity contribution in [2.75, 3.05) is 27.3 Å². The zero-order valence-corrected chi connectivity index (χ0v) is 25.1. The molecule has 1 heterocycles. The van der Waals surface area contributed by atoms with Crippen molar-refractivity contribution >= 4 is 18.0 Å². The number of carbonyl (C=O) groups excluding carboxylic acids is 3. The van der Waals surface area contributed by atoms with Crippen LogP contribution >= 0.6 is 0 Å². The number of amides is 2. The lowest BCUT2D eigenvalue weighted by atomic mass is 10.0. The van der Waals surface area contributed by atoms with Crippen LogP contribution in [0, 0.1) is 0 Å². The van der Waals surface area contributed by atoms with Crippen LogP contribution in [-0.4, -0.2) is 73.0 Å². The van der Waals surface area contributed by atoms with E-state index in [-0.39, 0.29) is 12.3 Å². The Hall–Kier alpha value is -4.73. The Morgan fingerprint density at radius 1 is 0.860 bits per heavy atom. The number of aromatic hydroxyl groups is 1. The van der Waals surface area contributed by atoms with E-state index in [0.717, 1.165) is 11.1 Å². The monoisotopic (exact) mass is 590 g/mol. The second kappa shape index (κ2) is 13.5. The first-order chi connectivity index (χ1) is 20.5. The first kappa shape index (κ1) is 31.2. The number of nitrogens with one attached hydrogen (secondary N) is 1. The molecule has 2 amide bonds. The van der Waals surface area contributed by atoms with E-state index >= 15 is 0 Å². The third kappa shape index (κ3) is 8.18. The summed E-state index contributed by atoms with van der Waals surface area (Å²) >= 11 is 0. The van der Waals surface area contributed by atoms with Gasteiger partial charge in [0, 0.05) is 18.7 Å². The van der Waals surface area contributed by atoms with Crippen LogP contribution in [0.25, 0.3) is 11.1 Å². The fraction of sp³-hybridized carbons (Fsp3) is 0.364. The molecular weight excluding hydrogens is 552 g/mol. The van der Waals surface area contributed by atoms with Crippen molar-refractivity contribution in [3.8, 4) is 28.4 Å². The first-order valence-corrected chi connectivity index (χ1v) is 14.1. The topological polar surface area (TPSA) is 124 Å². The number of hydrogen-bond acceptors (Lipinski definition) is 8. The minimum Gasteiger partial charge on any atom is -0.508 e. The van der Waals surface area contributed by atoms with Gasteiger partial charge in [0.2, 0.25) is 0 Å². The van der Waals surface area contributed by atoms with Gasteiger partial charge in [-0.1, -0.05) is 18.2 Å². The lowest BCUT2D eigenvalue weighted by Gasteiger charge is -2.30. The number of nitrogens with zero attached hydrogens (tertiary/aromatic N) is 1. The summed E-state index contributed by atoms with van der Waals surface area (Å²) in [5.74, 6) is 0.283. The minimum absolute atomic E-state index is 0.0334. The number of methoxy groups -OCH3 is 2. The molecule has 1 saturated heterocycles. The second-order valence-corrected chi connectivity index (χ2v) is 11.3. The van der Waals surface area contributed by atoms with Crippen molar-refractivity contribution < 1.29 is 38.4 Å². The number of carbonyl (C=O) groups is 3. The Morgan fingerprint density at radius 3 is 2.12 bits per heavy atom. The van der Waals surface area contributed by atoms with Crippen molar-refractivity contribution in [2.45, 2.75) is 51.4 Å². The highest BCUT2D eigenvalue weighted by Crippen LogP contribution is 2.32. The Kier molecular flexibility index (Phi) is 9.80. The van der Waals surface area contributed by atoms with Crippen LogP contribution in [0.4, 0.5) is 4.79 Å². The van der Waals surface area contributed by atoms with Crippen molar-refractivity contribution in [2.24, 2.45) is 0 Å². The van der Waals surface area contributed by atoms with Gasteiger partial charge in [-0.05, 0) is 93.3 Å². The molecule has 0 aromatic heterocycles. The lowest BCUT2D eigenvalue weighted by Crippen LogP contribution is -2.51. The van der Waals surface area contributed by atoms with E-state index in [4.69, 9.17) is 18.9 Å². The van der Waals surface area contributed by atoms with Crippen LogP contribution in [0.15, 0.2) is 66.7 Å². The van der Waals surface area contributed by atoms with Crippen LogP contribution in [0.5, 0.6) is 17.2 Å². The molecule has 10 nitrogen and oxygen atoms in total. The van der Waals surface area contributed by atoms with Crippen molar-refractivity contribution in [3.63, 3.8) is 0 Å². The van der Waals surface area contributed by atoms with E-state index in [1.54, 1.807) is 47.1 Å². The van der Waals surface area contributed by atoms with Gasteiger partial charge in [-0.15, -0.1) is 0 Å². The number of ether oxygens (including phenoxy) is 4. The summed E-state index contributed by atoms with van der Waals surface area (Å²) in [5, 5.41) is 12.5. The molecule has 1 fully saturated rings. The predicted molar refractivity (Wildman–Crippen MR) is 161 cm³/mol. The van der Waals surface area contributed by atoms with E-state index in [1.807, 2.05) is 30.3 Å². The summed E-state index contributed by atoms with van der Waals surface area (Å²) in [4.78, 5) is 40.9. The van der Waals surface area contributed by atoms with Crippen molar-refractivity contribution in [1.29, 1.82) is 0 Å². The smallest absolute Gasteiger partial charge is 0.410 e. The van der Waals surface area contributed by atoms with Crippen LogP contribution in [0.2, 0.25) is 0 Å². The predicted octanol–water partition coefficient (Wildman–Crippen LogP) is 5.43. The number of esters is 1. The Balaban J connectivity index is 1.52. The fourth-order valence-electron chi connectivity index (χ4n) is 4.79. The van der Waals surface area contributed by atoms with E-state index in [1.165, 1.54) is 29.2 Å². The van der Waals surface area contributed by atoms with Crippen molar-refractivity contribution in [1.82, 2.24) is 10.2 Å². The summed E-state index contributed by atoms with van der Waals surface area (Å²) in [6.45, 7) is 5.83. The number of benzene rings is 3. The van der Waals surface area contributed by atoms with Gasteiger partial charge in [-0.2, -0.15) is 0 Å². The number of hydrogen-bond donors (Lipinski definition) is 2. The average Bonchev–Trinajstić information content (AvgIpc) is 3.18. The average molecular weight is 591 g/mol. The number of phenols is 1. The molecule has 0 radical (unpaired) electrons. The molecule has 0 bridgehead atoms. The van der Waals surface area contributed by atoms with Crippen molar-refractivity contribution in [3.05, 3.63) is 77.9 Å². The molecule has 4 rings (SSSR count). The van der Waals surface area contributed by atoms with Crippen LogP contribution in [0.3, 0.4) is 0 Å². The van der Waals surface area contributed by atoms with E-state index in [9.17, 15) is 19.5 Å². The highest BCUT2D eigenvalue weighted by molar-refractivity contribution is 5.94. The maximum absolute atomic E-state index is 13.3. The Labute approximate surface area is 251 Å². The highest BCUT2D eigenvalue weighted by Gasteiger charge is 2.35. The molecule has 3 aromatic carbocycles. The van der Waals surface area contributed by atoms with Gasteiger partial charge in [-0.3, -0.25) is 4.79 Å². The molecule has 0 aliphatic carbocycles. The molecule has 0 spiro atoms. The Morgan fingerprint density at radius 2 is 1.49 bits per heavy atom. The largest absolute Gasteiger partial charge is 0.508 e. The van der Waals surface area contributed by atoms with Crippen LogP contribution in [0.1, 0.15) is 54.3 Å². The normalized spacial score (nSPS) is 16.9.